The molecule has 3 spiro atoms. The van der Waals surface area contributed by atoms with Gasteiger partial charge in [0.2, 0.25) is 0 Å². The number of likely N-dealkylation sites (tertiary alicyclic amines) is 3. The highest BCUT2D eigenvalue weighted by atomic mass is 16.6. The van der Waals surface area contributed by atoms with Gasteiger partial charge in [0, 0.05) is 53.3 Å². The van der Waals surface area contributed by atoms with Crippen molar-refractivity contribution < 1.29 is 62.1 Å². The van der Waals surface area contributed by atoms with Crippen molar-refractivity contribution in [2.45, 2.75) is 255 Å². The smallest absolute Gasteiger partial charge is 0.328 e. The molecule has 17 heteroatoms. The molecular weight excluding hydrogens is 1150 g/mol. The summed E-state index contributed by atoms with van der Waals surface area (Å²) < 4.78 is 54.2. The highest BCUT2D eigenvalue weighted by molar-refractivity contribution is 5.91. The van der Waals surface area contributed by atoms with Crippen LogP contribution in [0.2, 0.25) is 0 Å². The number of hydrogen-bond acceptors (Lipinski definition) is 16. The van der Waals surface area contributed by atoms with Crippen molar-refractivity contribution in [3.63, 3.8) is 0 Å². The Bertz CT molecular complexity index is 2540. The summed E-state index contributed by atoms with van der Waals surface area (Å²) >= 11 is 0. The van der Waals surface area contributed by atoms with Gasteiger partial charge < -0.3 is 68.2 Å². The fraction of sp³-hybridized carbons (Fsp3) is 0.797. The first kappa shape index (κ1) is 72.0. The Balaban J connectivity index is 0.000000153. The Morgan fingerprint density at radius 2 is 0.780 bits per heavy atom. The van der Waals surface area contributed by atoms with E-state index in [0.29, 0.717) is 25.9 Å². The molecule has 3 N–H and O–H groups in total. The molecule has 12 rings (SSSR count). The molecule has 0 radical (unpaired) electrons. The molecule has 91 heavy (non-hydrogen) atoms. The second-order valence-electron chi connectivity index (χ2n) is 30.0. The fourth-order valence-electron chi connectivity index (χ4n) is 16.9. The Morgan fingerprint density at radius 3 is 1.03 bits per heavy atom. The maximum Gasteiger partial charge on any atom is 0.328 e. The second kappa shape index (κ2) is 31.3. The third-order valence-corrected chi connectivity index (χ3v) is 22.4. The maximum atomic E-state index is 12.7. The van der Waals surface area contributed by atoms with Crippen molar-refractivity contribution in [2.75, 3.05) is 107 Å². The van der Waals surface area contributed by atoms with Crippen LogP contribution < -0.4 is 5.73 Å². The number of hydrogen-bond donors (Lipinski definition) is 2. The van der Waals surface area contributed by atoms with Gasteiger partial charge in [-0.2, -0.15) is 0 Å². The first-order chi connectivity index (χ1) is 43.5. The summed E-state index contributed by atoms with van der Waals surface area (Å²) in [6, 6.07) is 0. The number of epoxide rings is 6. The topological polar surface area (TPSA) is 210 Å². The second-order valence-corrected chi connectivity index (χ2v) is 30.0. The summed E-state index contributed by atoms with van der Waals surface area (Å²) in [6.45, 7) is 32.8. The molecule has 3 saturated carbocycles. The molecule has 0 unspecified atom stereocenters. The summed E-state index contributed by atoms with van der Waals surface area (Å²) in [5.74, 6) is -0.126. The molecule has 0 amide bonds. The fourth-order valence-corrected chi connectivity index (χ4v) is 16.9. The van der Waals surface area contributed by atoms with E-state index in [4.69, 9.17) is 53.5 Å². The number of carboxylic acids is 1. The minimum Gasteiger partial charge on any atom is -0.478 e. The van der Waals surface area contributed by atoms with Crippen molar-refractivity contribution in [1.82, 2.24) is 14.7 Å². The molecule has 3 aliphatic carbocycles. The summed E-state index contributed by atoms with van der Waals surface area (Å²) in [5, 5.41) is 9.12. The summed E-state index contributed by atoms with van der Waals surface area (Å²) in [7, 11) is 5.18. The number of carbonyl (C=O) groups is 3. The number of nitrogens with zero attached hydrogens (tertiary/aromatic N) is 3. The number of carbonyl (C=O) groups excluding carboxylic acids is 2. The van der Waals surface area contributed by atoms with Crippen molar-refractivity contribution in [3.8, 4) is 0 Å². The molecule has 15 atom stereocenters. The number of allylic oxidation sites excluding steroid dienone is 5. The lowest BCUT2D eigenvalue weighted by atomic mass is 9.67. The van der Waals surface area contributed by atoms with Crippen molar-refractivity contribution in [1.29, 1.82) is 0 Å². The normalized spacial score (nSPS) is 39.0. The van der Waals surface area contributed by atoms with E-state index in [1.165, 1.54) is 101 Å². The van der Waals surface area contributed by atoms with Gasteiger partial charge in [-0.15, -0.1) is 0 Å². The lowest BCUT2D eigenvalue weighted by Gasteiger charge is -2.40. The van der Waals surface area contributed by atoms with E-state index in [1.807, 2.05) is 12.2 Å². The zero-order chi connectivity index (χ0) is 65.4. The van der Waals surface area contributed by atoms with E-state index >= 15 is 0 Å². The zero-order valence-electron chi connectivity index (χ0n) is 58.1. The maximum absolute atomic E-state index is 12.7. The van der Waals surface area contributed by atoms with Gasteiger partial charge in [0.1, 0.15) is 33.6 Å². The summed E-state index contributed by atoms with van der Waals surface area (Å²) in [5.41, 5.74) is 11.1. The molecule has 12 aliphatic rings. The summed E-state index contributed by atoms with van der Waals surface area (Å²) in [6.07, 6.45) is 30.9. The Kier molecular flexibility index (Phi) is 24.8. The van der Waals surface area contributed by atoms with Gasteiger partial charge in [0.05, 0.1) is 74.2 Å². The first-order valence-electron chi connectivity index (χ1n) is 35.2. The van der Waals surface area contributed by atoms with Crippen LogP contribution in [-0.2, 0) is 57.0 Å². The van der Waals surface area contributed by atoms with Crippen LogP contribution in [0.4, 0.5) is 0 Å². The molecule has 12 fully saturated rings. The largest absolute Gasteiger partial charge is 0.478 e. The third-order valence-electron chi connectivity index (χ3n) is 22.4. The molecular formula is C74H118N4O13. The zero-order valence-corrected chi connectivity index (χ0v) is 58.1. The lowest BCUT2D eigenvalue weighted by molar-refractivity contribution is -0.131. The molecule has 17 nitrogen and oxygen atoms in total. The minimum atomic E-state index is -0.920. The monoisotopic (exact) mass is 1270 g/mol. The first-order valence-corrected chi connectivity index (χ1v) is 35.2. The quantitative estimate of drug-likeness (QED) is 0.0494. The number of carboxylic acid groups (broad SMARTS) is 1. The molecule has 512 valence electrons. The van der Waals surface area contributed by atoms with Gasteiger partial charge in [-0.1, -0.05) is 34.9 Å². The number of ether oxygens (including phenoxy) is 9. The van der Waals surface area contributed by atoms with Crippen LogP contribution in [0.1, 0.15) is 184 Å². The molecule has 0 aromatic heterocycles. The number of nitrogens with two attached hydrogens (primary N) is 1. The van der Waals surface area contributed by atoms with E-state index in [9.17, 15) is 14.4 Å². The third kappa shape index (κ3) is 18.1. The molecule has 9 aliphatic heterocycles. The van der Waals surface area contributed by atoms with Crippen LogP contribution in [0.3, 0.4) is 0 Å². The number of aliphatic carboxylic acids is 1. The standard InChI is InChI=1S/2C25H39NO4.C18H26O5.C6H14N2/c2*1-18(2)9-10-21-24(3,30-21)23-22(28-4)19(11-12-25(23)17-29-25)16-20(27)8-7-15-26-13-5-6-14-26;1-11(2)5-6-13-17(3,23-13)16-15(21-4)12(9-14(19)20)7-8-18(16)10-22-18;7-3-6-8-4-1-2-5-8/h2*9,16,21-23H,5-8,10-15,17H2,1-4H3;5,9,13,15-16H,6-8,10H2,1-4H3,(H,19,20);1-7H2/t2*21-,22-,23-,24+,25+;13-,15-,16-,17+,18+;/m111./s1. The molecule has 9 heterocycles. The van der Waals surface area contributed by atoms with Crippen LogP contribution in [0.15, 0.2) is 69.9 Å². The summed E-state index contributed by atoms with van der Waals surface area (Å²) in [4.78, 5) is 43.9. The Hall–Kier alpha value is -3.27. The highest BCUT2D eigenvalue weighted by Gasteiger charge is 2.74. The average molecular weight is 1270 g/mol. The van der Waals surface area contributed by atoms with Crippen LogP contribution in [0.5, 0.6) is 0 Å². The van der Waals surface area contributed by atoms with E-state index in [2.05, 4.69) is 95.2 Å². The van der Waals surface area contributed by atoms with E-state index in [-0.39, 0.29) is 99.6 Å². The number of methoxy groups -OCH3 is 3. The van der Waals surface area contributed by atoms with Gasteiger partial charge in [-0.05, 0) is 253 Å². The molecule has 0 aromatic rings. The van der Waals surface area contributed by atoms with Crippen molar-refractivity contribution >= 4 is 17.5 Å². The Labute approximate surface area is 546 Å². The van der Waals surface area contributed by atoms with Gasteiger partial charge in [-0.25, -0.2) is 4.79 Å². The van der Waals surface area contributed by atoms with Crippen LogP contribution >= 0.6 is 0 Å². The van der Waals surface area contributed by atoms with Crippen molar-refractivity contribution in [3.05, 3.63) is 69.9 Å². The van der Waals surface area contributed by atoms with E-state index in [1.54, 1.807) is 21.3 Å². The van der Waals surface area contributed by atoms with E-state index in [0.717, 1.165) is 120 Å². The van der Waals surface area contributed by atoms with Crippen LogP contribution in [0.25, 0.3) is 0 Å². The molecule has 0 bridgehead atoms. The van der Waals surface area contributed by atoms with E-state index < -0.39 is 5.97 Å². The molecule has 0 aromatic carbocycles. The predicted octanol–water partition coefficient (Wildman–Crippen LogP) is 10.9. The van der Waals surface area contributed by atoms with Gasteiger partial charge in [0.25, 0.3) is 0 Å². The predicted molar refractivity (Wildman–Crippen MR) is 355 cm³/mol. The number of rotatable bonds is 25. The Morgan fingerprint density at radius 1 is 0.495 bits per heavy atom. The molecule has 9 saturated heterocycles. The SMILES string of the molecule is CO[C@@H]1C(=CC(=O)CCCN2CCCC2)CC[C@]2(CO2)[C@H]1[C@@]1(C)O[C@@H]1CC=C(C)C.CO[C@@H]1C(=CC(=O)CCCN2CCCC2)CC[C@]2(CO2)[C@H]1[C@@]1(C)O[C@@H]1CC=C(C)C.CO[C@@H]1C(=CC(=O)O)CC[C@]2(CO2)[C@H]1[C@@]1(C)O[C@@H]1CC=C(C)C.NCCN1CCCC1. The average Bonchev–Trinajstić information content (AvgIpc) is 1.55. The van der Waals surface area contributed by atoms with Crippen LogP contribution in [0, 0.1) is 17.8 Å². The minimum absolute atomic E-state index is 0.0370. The highest BCUT2D eigenvalue weighted by Crippen LogP contribution is 2.63. The van der Waals surface area contributed by atoms with Gasteiger partial charge >= 0.3 is 5.97 Å². The van der Waals surface area contributed by atoms with Crippen LogP contribution in [-0.4, -0.2) is 214 Å². The van der Waals surface area contributed by atoms with Crippen molar-refractivity contribution in [2.24, 2.45) is 23.5 Å². The lowest BCUT2D eigenvalue weighted by Crippen LogP contribution is -2.50. The van der Waals surface area contributed by atoms with Gasteiger partial charge in [-0.3, -0.25) is 9.59 Å². The van der Waals surface area contributed by atoms with Gasteiger partial charge in [0.15, 0.2) is 11.6 Å². The number of ketones is 2.